The Kier molecular flexibility index (Phi) is 12.0. The van der Waals surface area contributed by atoms with Gasteiger partial charge in [-0.05, 0) is 68.1 Å². The van der Waals surface area contributed by atoms with Crippen molar-refractivity contribution in [1.29, 1.82) is 0 Å². The van der Waals surface area contributed by atoms with Gasteiger partial charge < -0.3 is 35.3 Å². The van der Waals surface area contributed by atoms with E-state index in [-0.39, 0.29) is 33.8 Å². The predicted molar refractivity (Wildman–Crippen MR) is 166 cm³/mol. The van der Waals surface area contributed by atoms with E-state index in [0.29, 0.717) is 23.7 Å². The third-order valence-electron chi connectivity index (χ3n) is 8.09. The smallest absolute Gasteiger partial charge is 0.490 e. The number of carboxylic acid groups (broad SMARTS) is 1. The van der Waals surface area contributed by atoms with Crippen LogP contribution in [0.15, 0.2) is 36.5 Å². The van der Waals surface area contributed by atoms with Gasteiger partial charge in [0.15, 0.2) is 17.4 Å². The number of aliphatic carboxylic acids is 1. The van der Waals surface area contributed by atoms with Crippen LogP contribution in [-0.2, 0) is 11.8 Å². The highest BCUT2D eigenvalue weighted by molar-refractivity contribution is 6.34. The van der Waals surface area contributed by atoms with E-state index in [9.17, 15) is 31.5 Å². The van der Waals surface area contributed by atoms with Crippen molar-refractivity contribution in [2.75, 3.05) is 51.7 Å². The lowest BCUT2D eigenvalue weighted by molar-refractivity contribution is -0.192. The summed E-state index contributed by atoms with van der Waals surface area (Å²) in [5.41, 5.74) is 0.820. The molecular weight excluding hydrogens is 667 g/mol. The molecular formula is C31H34ClF5N6O5. The lowest BCUT2D eigenvalue weighted by Gasteiger charge is -2.37. The van der Waals surface area contributed by atoms with E-state index in [0.717, 1.165) is 51.5 Å². The molecule has 0 radical (unpaired) electrons. The SMILES string of the molecule is COc1ccc(-c2cnc(C(=O)Nc3ccc(C(=O)NCC4CCN(CC5CNC5)CC4)c(Cl)c3)n2C)c(F)c1F.O=C(O)C(F)(F)F. The highest BCUT2D eigenvalue weighted by Crippen LogP contribution is 2.30. The van der Waals surface area contributed by atoms with Gasteiger partial charge in [-0.15, -0.1) is 0 Å². The number of amides is 2. The van der Waals surface area contributed by atoms with Crippen molar-refractivity contribution in [3.05, 3.63) is 64.6 Å². The molecule has 5 rings (SSSR count). The first-order chi connectivity index (χ1) is 22.7. The molecule has 2 fully saturated rings. The van der Waals surface area contributed by atoms with Gasteiger partial charge in [-0.25, -0.2) is 14.2 Å². The number of rotatable bonds is 9. The first-order valence-electron chi connectivity index (χ1n) is 14.9. The van der Waals surface area contributed by atoms with E-state index < -0.39 is 29.7 Å². The number of nitrogens with zero attached hydrogens (tertiary/aromatic N) is 3. The van der Waals surface area contributed by atoms with E-state index >= 15 is 0 Å². The number of alkyl halides is 3. The van der Waals surface area contributed by atoms with E-state index in [4.69, 9.17) is 26.2 Å². The Morgan fingerprint density at radius 1 is 1.06 bits per heavy atom. The number of carboxylic acids is 1. The topological polar surface area (TPSA) is 138 Å². The van der Waals surface area contributed by atoms with Gasteiger partial charge in [-0.1, -0.05) is 11.6 Å². The fraction of sp³-hybridized carbons (Fsp3) is 0.419. The Bertz CT molecular complexity index is 1640. The van der Waals surface area contributed by atoms with E-state index in [1.807, 2.05) is 0 Å². The molecule has 3 aromatic rings. The number of halogens is 6. The van der Waals surface area contributed by atoms with Crippen molar-refractivity contribution in [3.8, 4) is 17.0 Å². The number of carbonyl (C=O) groups is 3. The van der Waals surface area contributed by atoms with Crippen molar-refractivity contribution in [3.63, 3.8) is 0 Å². The second kappa shape index (κ2) is 15.7. The van der Waals surface area contributed by atoms with Gasteiger partial charge in [-0.2, -0.15) is 17.6 Å². The molecule has 17 heteroatoms. The summed E-state index contributed by atoms with van der Waals surface area (Å²) in [7, 11) is 2.77. The third-order valence-corrected chi connectivity index (χ3v) is 8.40. The maximum Gasteiger partial charge on any atom is 0.490 e. The number of anilines is 1. The number of hydrogen-bond acceptors (Lipinski definition) is 7. The minimum Gasteiger partial charge on any atom is -0.494 e. The van der Waals surface area contributed by atoms with Crippen molar-refractivity contribution in [2.24, 2.45) is 18.9 Å². The predicted octanol–water partition coefficient (Wildman–Crippen LogP) is 4.57. The van der Waals surface area contributed by atoms with Crippen molar-refractivity contribution in [2.45, 2.75) is 19.0 Å². The highest BCUT2D eigenvalue weighted by atomic mass is 35.5. The van der Waals surface area contributed by atoms with Gasteiger partial charge in [0.2, 0.25) is 5.82 Å². The number of likely N-dealkylation sites (tertiary alicyclic amines) is 1. The normalized spacial score (nSPS) is 15.6. The van der Waals surface area contributed by atoms with Crippen LogP contribution in [0.3, 0.4) is 0 Å². The number of nitrogens with one attached hydrogen (secondary N) is 3. The zero-order chi connectivity index (χ0) is 35.2. The summed E-state index contributed by atoms with van der Waals surface area (Å²) >= 11 is 6.40. The van der Waals surface area contributed by atoms with E-state index in [1.54, 1.807) is 12.1 Å². The molecule has 0 aliphatic carbocycles. The molecule has 260 valence electrons. The van der Waals surface area contributed by atoms with Crippen LogP contribution in [0.2, 0.25) is 5.02 Å². The van der Waals surface area contributed by atoms with Crippen LogP contribution in [0.4, 0.5) is 27.6 Å². The Morgan fingerprint density at radius 3 is 2.29 bits per heavy atom. The number of ether oxygens (including phenoxy) is 1. The second-order valence-electron chi connectivity index (χ2n) is 11.4. The maximum absolute atomic E-state index is 14.6. The summed E-state index contributed by atoms with van der Waals surface area (Å²) in [5, 5.41) is 16.3. The fourth-order valence-corrected chi connectivity index (χ4v) is 5.54. The molecule has 0 saturated carbocycles. The van der Waals surface area contributed by atoms with Crippen LogP contribution in [-0.4, -0.2) is 89.9 Å². The number of aromatic nitrogens is 2. The molecule has 0 bridgehead atoms. The zero-order valence-corrected chi connectivity index (χ0v) is 26.7. The Hall–Kier alpha value is -4.28. The van der Waals surface area contributed by atoms with Crippen LogP contribution in [0.5, 0.6) is 5.75 Å². The van der Waals surface area contributed by atoms with Gasteiger partial charge >= 0.3 is 12.1 Å². The average molecular weight is 701 g/mol. The first kappa shape index (κ1) is 36.6. The first-order valence-corrected chi connectivity index (χ1v) is 15.2. The van der Waals surface area contributed by atoms with Crippen molar-refractivity contribution < 1.29 is 46.2 Å². The summed E-state index contributed by atoms with van der Waals surface area (Å²) in [4.78, 5) is 41.2. The maximum atomic E-state index is 14.6. The molecule has 2 aliphatic rings. The molecule has 2 aromatic carbocycles. The van der Waals surface area contributed by atoms with Gasteiger partial charge in [0.25, 0.3) is 11.8 Å². The van der Waals surface area contributed by atoms with Crippen LogP contribution >= 0.6 is 11.6 Å². The van der Waals surface area contributed by atoms with E-state index in [1.165, 1.54) is 43.1 Å². The minimum atomic E-state index is -5.08. The summed E-state index contributed by atoms with van der Waals surface area (Å²) in [6.45, 7) is 6.06. The van der Waals surface area contributed by atoms with Crippen LogP contribution in [0.25, 0.3) is 11.3 Å². The molecule has 4 N–H and O–H groups in total. The minimum absolute atomic E-state index is 0.0241. The fourth-order valence-electron chi connectivity index (χ4n) is 5.27. The molecule has 11 nitrogen and oxygen atoms in total. The molecule has 2 aliphatic heterocycles. The Labute approximate surface area is 277 Å². The summed E-state index contributed by atoms with van der Waals surface area (Å²) in [6.07, 6.45) is -1.70. The van der Waals surface area contributed by atoms with Gasteiger partial charge in [0, 0.05) is 44.5 Å². The zero-order valence-electron chi connectivity index (χ0n) is 26.0. The number of hydrogen-bond donors (Lipinski definition) is 4. The molecule has 0 unspecified atom stereocenters. The number of benzene rings is 2. The average Bonchev–Trinajstić information content (AvgIpc) is 3.40. The molecule has 1 aromatic heterocycles. The van der Waals surface area contributed by atoms with Gasteiger partial charge in [0.05, 0.1) is 29.6 Å². The van der Waals surface area contributed by atoms with Crippen LogP contribution in [0.1, 0.15) is 33.8 Å². The second-order valence-corrected chi connectivity index (χ2v) is 11.8. The van der Waals surface area contributed by atoms with Gasteiger partial charge in [0.1, 0.15) is 0 Å². The number of piperidine rings is 1. The summed E-state index contributed by atoms with van der Waals surface area (Å²) in [5.74, 6) is -4.89. The molecule has 2 saturated heterocycles. The van der Waals surface area contributed by atoms with E-state index in [2.05, 4.69) is 25.8 Å². The number of carbonyl (C=O) groups excluding carboxylic acids is 2. The van der Waals surface area contributed by atoms with Crippen LogP contribution < -0.4 is 20.7 Å². The molecule has 2 amide bonds. The Balaban J connectivity index is 0.000000671. The summed E-state index contributed by atoms with van der Waals surface area (Å²) < 4.78 is 66.7. The van der Waals surface area contributed by atoms with Crippen molar-refractivity contribution in [1.82, 2.24) is 25.1 Å². The lowest BCUT2D eigenvalue weighted by Crippen LogP contribution is -2.50. The van der Waals surface area contributed by atoms with Crippen molar-refractivity contribution >= 4 is 35.1 Å². The molecule has 48 heavy (non-hydrogen) atoms. The quantitative estimate of drug-likeness (QED) is 0.238. The van der Waals surface area contributed by atoms with Gasteiger partial charge in [-0.3, -0.25) is 9.59 Å². The summed E-state index contributed by atoms with van der Waals surface area (Å²) in [6, 6.07) is 7.29. The third kappa shape index (κ3) is 8.99. The standard InChI is InChI=1S/C29H33ClF2N6O3.C2HF3O2/c1-37-23(21-5-6-24(41-2)26(32)25(21)31)15-34-27(37)29(40)36-19-3-4-20(22(30)11-19)28(39)35-14-17-7-9-38(10-8-17)16-18-12-33-13-18;3-2(4,5)1(6)7/h3-6,11,15,17-18,33H,7-10,12-14,16H2,1-2H3,(H,35,39)(H,36,40);(H,6,7). The molecule has 3 heterocycles. The monoisotopic (exact) mass is 700 g/mol. The highest BCUT2D eigenvalue weighted by Gasteiger charge is 2.38. The molecule has 0 spiro atoms. The molecule has 0 atom stereocenters. The van der Waals surface area contributed by atoms with Crippen LogP contribution in [0, 0.1) is 23.5 Å². The number of imidazole rings is 1. The largest absolute Gasteiger partial charge is 0.494 e. The lowest BCUT2D eigenvalue weighted by atomic mass is 9.94. The number of methoxy groups -OCH3 is 1. The Morgan fingerprint density at radius 2 is 1.73 bits per heavy atom.